The van der Waals surface area contributed by atoms with Crippen molar-refractivity contribution in [3.8, 4) is 5.75 Å². The van der Waals surface area contributed by atoms with E-state index >= 15 is 0 Å². The zero-order valence-corrected chi connectivity index (χ0v) is 11.4. The summed E-state index contributed by atoms with van der Waals surface area (Å²) >= 11 is 0. The molecule has 1 rings (SSSR count). The average molecular weight is 266 g/mol. The van der Waals surface area contributed by atoms with Crippen molar-refractivity contribution >= 4 is 11.6 Å². The highest BCUT2D eigenvalue weighted by Crippen LogP contribution is 2.23. The molecule has 3 N–H and O–H groups in total. The van der Waals surface area contributed by atoms with Crippen LogP contribution in [0.2, 0.25) is 0 Å². The van der Waals surface area contributed by atoms with Crippen LogP contribution < -0.4 is 15.8 Å². The molecular weight excluding hydrogens is 244 g/mol. The molecular formula is C14H22N2O3. The summed E-state index contributed by atoms with van der Waals surface area (Å²) in [6.45, 7) is 4.09. The minimum absolute atomic E-state index is 0.0384. The molecule has 0 aliphatic heterocycles. The van der Waals surface area contributed by atoms with Crippen LogP contribution in [-0.4, -0.2) is 32.3 Å². The summed E-state index contributed by atoms with van der Waals surface area (Å²) in [5.74, 6) is 0.606. The lowest BCUT2D eigenvalue weighted by atomic mass is 10.2. The summed E-state index contributed by atoms with van der Waals surface area (Å²) in [7, 11) is 0. The Hall–Kier alpha value is -1.59. The van der Waals surface area contributed by atoms with Crippen molar-refractivity contribution in [1.29, 1.82) is 0 Å². The number of hydrogen-bond donors (Lipinski definition) is 2. The van der Waals surface area contributed by atoms with E-state index in [0.29, 0.717) is 50.6 Å². The lowest BCUT2D eigenvalue weighted by molar-refractivity contribution is -0.116. The van der Waals surface area contributed by atoms with E-state index in [4.69, 9.17) is 15.2 Å². The topological polar surface area (TPSA) is 73.6 Å². The van der Waals surface area contributed by atoms with Crippen molar-refractivity contribution in [3.63, 3.8) is 0 Å². The van der Waals surface area contributed by atoms with E-state index in [0.717, 1.165) is 0 Å². The van der Waals surface area contributed by atoms with Gasteiger partial charge in [-0.1, -0.05) is 12.1 Å². The smallest absolute Gasteiger partial charge is 0.224 e. The number of nitrogens with one attached hydrogen (secondary N) is 1. The first kappa shape index (κ1) is 15.5. The molecule has 0 unspecified atom stereocenters. The van der Waals surface area contributed by atoms with Gasteiger partial charge in [-0.2, -0.15) is 0 Å². The quantitative estimate of drug-likeness (QED) is 0.668. The molecule has 0 saturated heterocycles. The van der Waals surface area contributed by atoms with E-state index in [1.165, 1.54) is 0 Å². The largest absolute Gasteiger partial charge is 0.490 e. The van der Waals surface area contributed by atoms with Crippen LogP contribution in [0.15, 0.2) is 24.3 Å². The molecule has 0 saturated carbocycles. The first-order chi connectivity index (χ1) is 9.27. The molecule has 0 aliphatic carbocycles. The molecule has 0 aromatic heterocycles. The third-order valence-corrected chi connectivity index (χ3v) is 2.43. The number of nitrogens with two attached hydrogens (primary N) is 1. The Morgan fingerprint density at radius 1 is 1.32 bits per heavy atom. The fraction of sp³-hybridized carbons (Fsp3) is 0.500. The van der Waals surface area contributed by atoms with Crippen LogP contribution in [0.5, 0.6) is 5.75 Å². The SMILES string of the molecule is CCOCCCC(=O)Nc1ccccc1OCCN. The van der Waals surface area contributed by atoms with Gasteiger partial charge in [0.25, 0.3) is 0 Å². The Labute approximate surface area is 114 Å². The second kappa shape index (κ2) is 9.35. The Kier molecular flexibility index (Phi) is 7.62. The second-order valence-electron chi connectivity index (χ2n) is 3.98. The molecule has 0 spiro atoms. The molecule has 0 radical (unpaired) electrons. The molecule has 1 aromatic rings. The van der Waals surface area contributed by atoms with Crippen LogP contribution in [0.25, 0.3) is 0 Å². The number of amides is 1. The van der Waals surface area contributed by atoms with E-state index < -0.39 is 0 Å². The Morgan fingerprint density at radius 2 is 2.11 bits per heavy atom. The van der Waals surface area contributed by atoms with Gasteiger partial charge in [0.05, 0.1) is 5.69 Å². The molecule has 5 heteroatoms. The lowest BCUT2D eigenvalue weighted by Crippen LogP contribution is -2.15. The highest BCUT2D eigenvalue weighted by Gasteiger charge is 2.07. The molecule has 0 heterocycles. The first-order valence-electron chi connectivity index (χ1n) is 6.57. The van der Waals surface area contributed by atoms with E-state index in [2.05, 4.69) is 5.32 Å². The Bertz CT molecular complexity index is 383. The molecule has 19 heavy (non-hydrogen) atoms. The standard InChI is InChI=1S/C14H22N2O3/c1-2-18-10-5-8-14(17)16-12-6-3-4-7-13(12)19-11-9-15/h3-4,6-7H,2,5,8-11,15H2,1H3,(H,16,17). The predicted octanol–water partition coefficient (Wildman–Crippen LogP) is 1.78. The number of para-hydroxylation sites is 2. The maximum absolute atomic E-state index is 11.8. The molecule has 0 fully saturated rings. The molecule has 1 amide bonds. The van der Waals surface area contributed by atoms with Gasteiger partial charge < -0.3 is 20.5 Å². The Morgan fingerprint density at radius 3 is 2.84 bits per heavy atom. The molecule has 0 bridgehead atoms. The highest BCUT2D eigenvalue weighted by atomic mass is 16.5. The van der Waals surface area contributed by atoms with Crippen molar-refractivity contribution in [3.05, 3.63) is 24.3 Å². The summed E-state index contributed by atoms with van der Waals surface area (Å²) in [5, 5.41) is 2.84. The molecule has 106 valence electrons. The molecule has 5 nitrogen and oxygen atoms in total. The van der Waals surface area contributed by atoms with E-state index in [1.807, 2.05) is 31.2 Å². The second-order valence-corrected chi connectivity index (χ2v) is 3.98. The minimum Gasteiger partial charge on any atom is -0.490 e. The predicted molar refractivity (Wildman–Crippen MR) is 75.3 cm³/mol. The zero-order valence-electron chi connectivity index (χ0n) is 11.4. The van der Waals surface area contributed by atoms with Gasteiger partial charge in [-0.05, 0) is 25.5 Å². The number of hydrogen-bond acceptors (Lipinski definition) is 4. The van der Waals surface area contributed by atoms with Gasteiger partial charge in [-0.3, -0.25) is 4.79 Å². The van der Waals surface area contributed by atoms with Crippen LogP contribution >= 0.6 is 0 Å². The fourth-order valence-electron chi connectivity index (χ4n) is 1.56. The lowest BCUT2D eigenvalue weighted by Gasteiger charge is -2.11. The molecule has 0 atom stereocenters. The van der Waals surface area contributed by atoms with Crippen LogP contribution in [-0.2, 0) is 9.53 Å². The van der Waals surface area contributed by atoms with Crippen LogP contribution in [0.4, 0.5) is 5.69 Å². The zero-order chi connectivity index (χ0) is 13.9. The van der Waals surface area contributed by atoms with Crippen LogP contribution in [0.3, 0.4) is 0 Å². The summed E-state index contributed by atoms with van der Waals surface area (Å²) in [4.78, 5) is 11.8. The van der Waals surface area contributed by atoms with Gasteiger partial charge in [0.1, 0.15) is 12.4 Å². The fourth-order valence-corrected chi connectivity index (χ4v) is 1.56. The van der Waals surface area contributed by atoms with E-state index in [-0.39, 0.29) is 5.91 Å². The summed E-state index contributed by atoms with van der Waals surface area (Å²) in [6, 6.07) is 7.33. The maximum atomic E-state index is 11.8. The van der Waals surface area contributed by atoms with Crippen molar-refractivity contribution in [1.82, 2.24) is 0 Å². The van der Waals surface area contributed by atoms with Crippen molar-refractivity contribution in [2.45, 2.75) is 19.8 Å². The van der Waals surface area contributed by atoms with Crippen LogP contribution in [0.1, 0.15) is 19.8 Å². The number of carbonyl (C=O) groups excluding carboxylic acids is 1. The van der Waals surface area contributed by atoms with Gasteiger partial charge >= 0.3 is 0 Å². The van der Waals surface area contributed by atoms with Gasteiger partial charge in [0, 0.05) is 26.2 Å². The van der Waals surface area contributed by atoms with Crippen molar-refractivity contribution in [2.75, 3.05) is 31.7 Å². The van der Waals surface area contributed by atoms with Crippen LogP contribution in [0, 0.1) is 0 Å². The van der Waals surface area contributed by atoms with Gasteiger partial charge in [0.2, 0.25) is 5.91 Å². The van der Waals surface area contributed by atoms with E-state index in [1.54, 1.807) is 0 Å². The summed E-state index contributed by atoms with van der Waals surface area (Å²) in [6.07, 6.45) is 1.15. The first-order valence-corrected chi connectivity index (χ1v) is 6.57. The third kappa shape index (κ3) is 6.22. The minimum atomic E-state index is -0.0384. The Balaban J connectivity index is 2.44. The number of ether oxygens (including phenoxy) is 2. The number of carbonyl (C=O) groups is 1. The van der Waals surface area contributed by atoms with Crippen molar-refractivity contribution in [2.24, 2.45) is 5.73 Å². The average Bonchev–Trinajstić information content (AvgIpc) is 2.43. The monoisotopic (exact) mass is 266 g/mol. The number of rotatable bonds is 9. The maximum Gasteiger partial charge on any atom is 0.224 e. The molecule has 0 aliphatic rings. The van der Waals surface area contributed by atoms with Gasteiger partial charge in [-0.15, -0.1) is 0 Å². The van der Waals surface area contributed by atoms with Gasteiger partial charge in [0.15, 0.2) is 0 Å². The normalized spacial score (nSPS) is 10.2. The van der Waals surface area contributed by atoms with E-state index in [9.17, 15) is 4.79 Å². The number of benzene rings is 1. The molecule has 1 aromatic carbocycles. The summed E-state index contributed by atoms with van der Waals surface area (Å²) in [5.41, 5.74) is 6.07. The van der Waals surface area contributed by atoms with Gasteiger partial charge in [-0.25, -0.2) is 0 Å². The van der Waals surface area contributed by atoms with Crippen molar-refractivity contribution < 1.29 is 14.3 Å². The number of anilines is 1. The summed E-state index contributed by atoms with van der Waals surface area (Å²) < 4.78 is 10.7. The highest BCUT2D eigenvalue weighted by molar-refractivity contribution is 5.92. The third-order valence-electron chi connectivity index (χ3n) is 2.43.